The van der Waals surface area contributed by atoms with E-state index in [1.54, 1.807) is 12.1 Å². The Kier molecular flexibility index (Phi) is 3.81. The lowest BCUT2D eigenvalue weighted by atomic mass is 10.1. The van der Waals surface area contributed by atoms with E-state index in [1.807, 2.05) is 28.9 Å². The van der Waals surface area contributed by atoms with Crippen LogP contribution < -0.4 is 9.47 Å². The fraction of sp³-hybridized carbons (Fsp3) is 0.190. The van der Waals surface area contributed by atoms with E-state index < -0.39 is 0 Å². The molecular weight excluding hydrogens is 391 g/mol. The molecule has 2 aromatic carbocycles. The number of rotatable bonds is 3. The molecule has 4 aromatic rings. The number of ether oxygens (including phenoxy) is 3. The van der Waals surface area contributed by atoms with Crippen molar-refractivity contribution < 1.29 is 23.1 Å². The molecule has 2 aliphatic rings. The summed E-state index contributed by atoms with van der Waals surface area (Å²) in [5.74, 6) is 1.83. The van der Waals surface area contributed by atoms with E-state index in [0.29, 0.717) is 36.1 Å². The lowest BCUT2D eigenvalue weighted by molar-refractivity contribution is -0.00122. The van der Waals surface area contributed by atoms with Gasteiger partial charge in [-0.3, -0.25) is 4.68 Å². The Bertz CT molecular complexity index is 1230. The second kappa shape index (κ2) is 6.67. The highest BCUT2D eigenvalue weighted by Crippen LogP contribution is 2.37. The summed E-state index contributed by atoms with van der Waals surface area (Å²) in [6, 6.07) is 13.6. The molecule has 0 radical (unpaired) electrons. The first kappa shape index (κ1) is 17.2. The van der Waals surface area contributed by atoms with Crippen LogP contribution in [-0.2, 0) is 17.9 Å². The average molecular weight is 406 g/mol. The SMILES string of the molecule is Fc1ccc(-c2noc(-c3cc4n(n3)CC(c3ccc5c(c3)OCO5)OC4)n2)cc1. The molecule has 1 unspecified atom stereocenters. The molecule has 8 nitrogen and oxygen atoms in total. The third kappa shape index (κ3) is 2.91. The molecule has 6 rings (SSSR count). The van der Waals surface area contributed by atoms with Crippen molar-refractivity contribution in [2.24, 2.45) is 0 Å². The summed E-state index contributed by atoms with van der Waals surface area (Å²) in [6.07, 6.45) is -0.155. The zero-order valence-corrected chi connectivity index (χ0v) is 15.6. The lowest BCUT2D eigenvalue weighted by Crippen LogP contribution is -2.21. The van der Waals surface area contributed by atoms with Gasteiger partial charge >= 0.3 is 0 Å². The van der Waals surface area contributed by atoms with Crippen LogP contribution in [-0.4, -0.2) is 26.7 Å². The molecule has 0 aliphatic carbocycles. The summed E-state index contributed by atoms with van der Waals surface area (Å²) in [7, 11) is 0. The predicted octanol–water partition coefficient (Wildman–Crippen LogP) is 3.74. The summed E-state index contributed by atoms with van der Waals surface area (Å²) in [5, 5.41) is 8.59. The molecule has 2 aliphatic heterocycles. The van der Waals surface area contributed by atoms with E-state index in [9.17, 15) is 4.39 Å². The fourth-order valence-corrected chi connectivity index (χ4v) is 3.59. The standard InChI is InChI=1S/C21H15FN4O4/c22-14-4-1-12(2-5-14)20-23-21(30-25-20)16-8-15-10-27-19(9-26(15)24-16)13-3-6-17-18(7-13)29-11-28-17/h1-8,19H,9-11H2. The number of hydrogen-bond acceptors (Lipinski definition) is 7. The van der Waals surface area contributed by atoms with Gasteiger partial charge in [-0.1, -0.05) is 11.2 Å². The maximum Gasteiger partial charge on any atom is 0.278 e. The Hall–Kier alpha value is -3.72. The fourth-order valence-electron chi connectivity index (χ4n) is 3.59. The highest BCUT2D eigenvalue weighted by molar-refractivity contribution is 5.57. The summed E-state index contributed by atoms with van der Waals surface area (Å²) >= 11 is 0. The molecular formula is C21H15FN4O4. The normalized spacial score (nSPS) is 17.2. The number of fused-ring (bicyclic) bond motifs is 2. The van der Waals surface area contributed by atoms with Gasteiger partial charge in [-0.05, 0) is 48.0 Å². The van der Waals surface area contributed by atoms with Crippen LogP contribution in [0.4, 0.5) is 4.39 Å². The Labute approximate surface area is 169 Å². The van der Waals surface area contributed by atoms with Crippen molar-refractivity contribution in [3.63, 3.8) is 0 Å². The summed E-state index contributed by atoms with van der Waals surface area (Å²) < 4.78 is 37.2. The van der Waals surface area contributed by atoms with Crippen LogP contribution in [0.1, 0.15) is 17.4 Å². The Morgan fingerprint density at radius 2 is 1.87 bits per heavy atom. The van der Waals surface area contributed by atoms with Crippen LogP contribution in [0.5, 0.6) is 11.5 Å². The van der Waals surface area contributed by atoms with Crippen molar-refractivity contribution in [2.75, 3.05) is 6.79 Å². The molecule has 30 heavy (non-hydrogen) atoms. The van der Waals surface area contributed by atoms with Crippen LogP contribution in [0.15, 0.2) is 53.1 Å². The van der Waals surface area contributed by atoms with Gasteiger partial charge in [0.15, 0.2) is 17.2 Å². The average Bonchev–Trinajstić information content (AvgIpc) is 3.51. The van der Waals surface area contributed by atoms with Crippen LogP contribution in [0.2, 0.25) is 0 Å². The van der Waals surface area contributed by atoms with Crippen molar-refractivity contribution >= 4 is 0 Å². The first-order valence-electron chi connectivity index (χ1n) is 9.41. The molecule has 2 aromatic heterocycles. The zero-order chi connectivity index (χ0) is 20.1. The molecule has 0 N–H and O–H groups in total. The third-order valence-electron chi connectivity index (χ3n) is 5.15. The van der Waals surface area contributed by atoms with Gasteiger partial charge < -0.3 is 18.7 Å². The number of benzene rings is 2. The van der Waals surface area contributed by atoms with Crippen LogP contribution in [0.3, 0.4) is 0 Å². The van der Waals surface area contributed by atoms with Crippen molar-refractivity contribution in [3.05, 3.63) is 65.6 Å². The Balaban J connectivity index is 1.25. The molecule has 4 heterocycles. The minimum Gasteiger partial charge on any atom is -0.454 e. The molecule has 0 saturated carbocycles. The first-order chi connectivity index (χ1) is 14.7. The first-order valence-corrected chi connectivity index (χ1v) is 9.41. The largest absolute Gasteiger partial charge is 0.454 e. The van der Waals surface area contributed by atoms with E-state index in [-0.39, 0.29) is 18.7 Å². The number of hydrogen-bond donors (Lipinski definition) is 0. The van der Waals surface area contributed by atoms with Gasteiger partial charge in [0.2, 0.25) is 12.6 Å². The van der Waals surface area contributed by atoms with Gasteiger partial charge in [0.25, 0.3) is 5.89 Å². The van der Waals surface area contributed by atoms with Gasteiger partial charge in [0.1, 0.15) is 11.9 Å². The van der Waals surface area contributed by atoms with Crippen molar-refractivity contribution in [1.82, 2.24) is 19.9 Å². The van der Waals surface area contributed by atoms with Gasteiger partial charge in [-0.15, -0.1) is 0 Å². The molecule has 0 fully saturated rings. The summed E-state index contributed by atoms with van der Waals surface area (Å²) in [5.41, 5.74) is 3.16. The summed E-state index contributed by atoms with van der Waals surface area (Å²) in [4.78, 5) is 4.39. The number of nitrogens with zero attached hydrogens (tertiary/aromatic N) is 4. The van der Waals surface area contributed by atoms with Crippen molar-refractivity contribution in [3.8, 4) is 34.5 Å². The monoisotopic (exact) mass is 406 g/mol. The molecule has 0 spiro atoms. The maximum absolute atomic E-state index is 13.1. The topological polar surface area (TPSA) is 84.4 Å². The molecule has 0 bridgehead atoms. The maximum atomic E-state index is 13.1. The van der Waals surface area contributed by atoms with Crippen LogP contribution >= 0.6 is 0 Å². The van der Waals surface area contributed by atoms with E-state index in [0.717, 1.165) is 22.8 Å². The quantitative estimate of drug-likeness (QED) is 0.512. The van der Waals surface area contributed by atoms with E-state index in [4.69, 9.17) is 18.7 Å². The highest BCUT2D eigenvalue weighted by atomic mass is 19.1. The van der Waals surface area contributed by atoms with E-state index in [2.05, 4.69) is 15.2 Å². The van der Waals surface area contributed by atoms with Gasteiger partial charge in [-0.2, -0.15) is 10.1 Å². The molecule has 9 heteroatoms. The number of aromatic nitrogens is 4. The second-order valence-corrected chi connectivity index (χ2v) is 7.05. The van der Waals surface area contributed by atoms with Gasteiger partial charge in [-0.25, -0.2) is 4.39 Å². The minimum absolute atomic E-state index is 0.155. The Morgan fingerprint density at radius 1 is 1.00 bits per heavy atom. The smallest absolute Gasteiger partial charge is 0.278 e. The van der Waals surface area contributed by atoms with Crippen LogP contribution in [0, 0.1) is 5.82 Å². The van der Waals surface area contributed by atoms with Crippen molar-refractivity contribution in [1.29, 1.82) is 0 Å². The Morgan fingerprint density at radius 3 is 2.77 bits per heavy atom. The highest BCUT2D eigenvalue weighted by Gasteiger charge is 2.26. The van der Waals surface area contributed by atoms with Crippen LogP contribution in [0.25, 0.3) is 23.0 Å². The molecule has 1 atom stereocenters. The molecule has 150 valence electrons. The number of halogens is 1. The third-order valence-corrected chi connectivity index (χ3v) is 5.15. The van der Waals surface area contributed by atoms with E-state index >= 15 is 0 Å². The second-order valence-electron chi connectivity index (χ2n) is 7.05. The van der Waals surface area contributed by atoms with Crippen molar-refractivity contribution in [2.45, 2.75) is 19.3 Å². The lowest BCUT2D eigenvalue weighted by Gasteiger charge is -2.24. The van der Waals surface area contributed by atoms with E-state index in [1.165, 1.54) is 12.1 Å². The zero-order valence-electron chi connectivity index (χ0n) is 15.6. The minimum atomic E-state index is -0.318. The molecule has 0 saturated heterocycles. The predicted molar refractivity (Wildman–Crippen MR) is 101 cm³/mol. The van der Waals surface area contributed by atoms with Gasteiger partial charge in [0.05, 0.1) is 18.8 Å². The summed E-state index contributed by atoms with van der Waals surface area (Å²) in [6.45, 7) is 1.19. The molecule has 0 amide bonds. The van der Waals surface area contributed by atoms with Gasteiger partial charge in [0, 0.05) is 5.56 Å².